The second-order valence-electron chi connectivity index (χ2n) is 3.30. The average Bonchev–Trinajstić information content (AvgIpc) is 2.27. The fraction of sp³-hybridized carbons (Fsp3) is 0.167. The van der Waals surface area contributed by atoms with Crippen molar-refractivity contribution in [2.45, 2.75) is 12.8 Å². The van der Waals surface area contributed by atoms with Crippen LogP contribution in [-0.4, -0.2) is 23.1 Å². The number of alkyl halides is 2. The van der Waals surface area contributed by atoms with Crippen molar-refractivity contribution in [1.82, 2.24) is 0 Å². The first-order valence-electron chi connectivity index (χ1n) is 4.80. The molecule has 17 heavy (non-hydrogen) atoms. The molecule has 0 saturated carbocycles. The number of Topliss-reactive ketones (excluding diaryl/α,β-unsaturated/α-hetero) is 1. The minimum absolute atomic E-state index is 0.0308. The number of hydrogen-bond acceptors (Lipinski definition) is 3. The van der Waals surface area contributed by atoms with Crippen molar-refractivity contribution in [1.29, 1.82) is 0 Å². The monoisotopic (exact) mass is 240 g/mol. The molecule has 0 atom stereocenters. The molecule has 0 aliphatic carbocycles. The molecule has 0 spiro atoms. The normalized spacial score (nSPS) is 11.0. The minimum Gasteiger partial charge on any atom is -0.507 e. The van der Waals surface area contributed by atoms with Gasteiger partial charge >= 0.3 is 0 Å². The van der Waals surface area contributed by atoms with Gasteiger partial charge < -0.3 is 5.11 Å². The van der Waals surface area contributed by atoms with Crippen LogP contribution < -0.4 is 0 Å². The van der Waals surface area contributed by atoms with Gasteiger partial charge in [-0.2, -0.15) is 0 Å². The molecule has 0 amide bonds. The molecular formula is C12H10F2O3. The molecule has 1 aromatic carbocycles. The van der Waals surface area contributed by atoms with Crippen molar-refractivity contribution in [3.05, 3.63) is 35.9 Å². The molecule has 1 aromatic rings. The predicted octanol–water partition coefficient (Wildman–Crippen LogP) is 2.20. The number of allylic oxidation sites excluding steroid dienone is 1. The molecule has 0 fully saturated rings. The van der Waals surface area contributed by atoms with Crippen molar-refractivity contribution < 1.29 is 23.5 Å². The van der Waals surface area contributed by atoms with E-state index in [1.54, 1.807) is 18.2 Å². The van der Waals surface area contributed by atoms with Crippen LogP contribution in [0.25, 0.3) is 6.08 Å². The lowest BCUT2D eigenvalue weighted by atomic mass is 10.1. The van der Waals surface area contributed by atoms with Gasteiger partial charge in [0.25, 0.3) is 6.43 Å². The van der Waals surface area contributed by atoms with Crippen LogP contribution in [0.5, 0.6) is 5.75 Å². The number of phenols is 1. The summed E-state index contributed by atoms with van der Waals surface area (Å²) in [5.74, 6) is -2.16. The number of ketones is 2. The van der Waals surface area contributed by atoms with E-state index in [2.05, 4.69) is 0 Å². The first-order chi connectivity index (χ1) is 8.00. The van der Waals surface area contributed by atoms with Gasteiger partial charge in [-0.25, -0.2) is 8.78 Å². The number of carbonyl (C=O) groups is 2. The van der Waals surface area contributed by atoms with Gasteiger partial charge in [-0.15, -0.1) is 0 Å². The third-order valence-electron chi connectivity index (χ3n) is 1.98. The Hall–Kier alpha value is -2.04. The van der Waals surface area contributed by atoms with E-state index < -0.39 is 24.4 Å². The number of halogens is 2. The maximum atomic E-state index is 11.9. The molecule has 0 radical (unpaired) electrons. The zero-order chi connectivity index (χ0) is 12.8. The molecule has 0 heterocycles. The number of para-hydroxylation sites is 1. The third-order valence-corrected chi connectivity index (χ3v) is 1.98. The molecule has 5 heteroatoms. The fourth-order valence-electron chi connectivity index (χ4n) is 1.12. The highest BCUT2D eigenvalue weighted by atomic mass is 19.3. The second kappa shape index (κ2) is 5.89. The van der Waals surface area contributed by atoms with Crippen LogP contribution in [-0.2, 0) is 9.59 Å². The first-order valence-corrected chi connectivity index (χ1v) is 4.80. The van der Waals surface area contributed by atoms with Gasteiger partial charge in [-0.05, 0) is 18.2 Å². The van der Waals surface area contributed by atoms with E-state index in [0.29, 0.717) is 5.56 Å². The SMILES string of the molecule is O=C(C=Cc1ccccc1O)CC(=O)C(F)F. The number of benzene rings is 1. The Labute approximate surface area is 96.4 Å². The summed E-state index contributed by atoms with van der Waals surface area (Å²) < 4.78 is 23.7. The van der Waals surface area contributed by atoms with Gasteiger partial charge in [0, 0.05) is 5.56 Å². The second-order valence-corrected chi connectivity index (χ2v) is 3.30. The Bertz CT molecular complexity index is 453. The molecule has 0 aliphatic rings. The zero-order valence-electron chi connectivity index (χ0n) is 8.77. The number of carbonyl (C=O) groups excluding carboxylic acids is 2. The molecule has 0 aromatic heterocycles. The zero-order valence-corrected chi connectivity index (χ0v) is 8.77. The van der Waals surface area contributed by atoms with E-state index >= 15 is 0 Å². The maximum absolute atomic E-state index is 11.9. The molecule has 0 aliphatic heterocycles. The summed E-state index contributed by atoms with van der Waals surface area (Å²) in [5, 5.41) is 9.34. The van der Waals surface area contributed by atoms with Crippen molar-refractivity contribution in [2.24, 2.45) is 0 Å². The maximum Gasteiger partial charge on any atom is 0.296 e. The van der Waals surface area contributed by atoms with Crippen LogP contribution in [0.3, 0.4) is 0 Å². The number of hydrogen-bond donors (Lipinski definition) is 1. The highest BCUT2D eigenvalue weighted by Gasteiger charge is 2.17. The van der Waals surface area contributed by atoms with Crippen LogP contribution in [0.4, 0.5) is 8.78 Å². The highest BCUT2D eigenvalue weighted by molar-refractivity contribution is 6.07. The lowest BCUT2D eigenvalue weighted by molar-refractivity contribution is -0.132. The summed E-state index contributed by atoms with van der Waals surface area (Å²) in [5.41, 5.74) is 0.380. The molecule has 0 saturated heterocycles. The quantitative estimate of drug-likeness (QED) is 0.634. The van der Waals surface area contributed by atoms with E-state index in [1.165, 1.54) is 12.1 Å². The lowest BCUT2D eigenvalue weighted by Gasteiger charge is -1.97. The van der Waals surface area contributed by atoms with Crippen LogP contribution in [0.15, 0.2) is 30.3 Å². The van der Waals surface area contributed by atoms with Crippen molar-refractivity contribution in [2.75, 3.05) is 0 Å². The Morgan fingerprint density at radius 1 is 1.29 bits per heavy atom. The summed E-state index contributed by atoms with van der Waals surface area (Å²) in [6.07, 6.45) is -1.69. The summed E-state index contributed by atoms with van der Waals surface area (Å²) in [6, 6.07) is 6.23. The summed E-state index contributed by atoms with van der Waals surface area (Å²) in [4.78, 5) is 21.7. The largest absolute Gasteiger partial charge is 0.507 e. The molecule has 1 N–H and O–H groups in total. The van der Waals surface area contributed by atoms with E-state index in [0.717, 1.165) is 6.08 Å². The van der Waals surface area contributed by atoms with Crippen molar-refractivity contribution >= 4 is 17.6 Å². The topological polar surface area (TPSA) is 54.4 Å². The molecule has 3 nitrogen and oxygen atoms in total. The van der Waals surface area contributed by atoms with Gasteiger partial charge in [0.05, 0.1) is 6.42 Å². The number of aromatic hydroxyl groups is 1. The smallest absolute Gasteiger partial charge is 0.296 e. The van der Waals surface area contributed by atoms with Crippen LogP contribution in [0.2, 0.25) is 0 Å². The van der Waals surface area contributed by atoms with E-state index in [9.17, 15) is 23.5 Å². The highest BCUT2D eigenvalue weighted by Crippen LogP contribution is 2.17. The van der Waals surface area contributed by atoms with Crippen LogP contribution >= 0.6 is 0 Å². The third kappa shape index (κ3) is 4.14. The van der Waals surface area contributed by atoms with Gasteiger partial charge in [0.1, 0.15) is 5.75 Å². The molecular weight excluding hydrogens is 230 g/mol. The summed E-state index contributed by atoms with van der Waals surface area (Å²) >= 11 is 0. The van der Waals surface area contributed by atoms with Gasteiger partial charge in [0.15, 0.2) is 5.78 Å². The Morgan fingerprint density at radius 2 is 1.94 bits per heavy atom. The lowest BCUT2D eigenvalue weighted by Crippen LogP contribution is -2.13. The Kier molecular flexibility index (Phi) is 4.51. The molecule has 0 unspecified atom stereocenters. The average molecular weight is 240 g/mol. The van der Waals surface area contributed by atoms with Crippen LogP contribution in [0, 0.1) is 0 Å². The molecule has 1 rings (SSSR count). The fourth-order valence-corrected chi connectivity index (χ4v) is 1.12. The van der Waals surface area contributed by atoms with E-state index in [1.807, 2.05) is 0 Å². The Balaban J connectivity index is 2.63. The van der Waals surface area contributed by atoms with Crippen molar-refractivity contribution in [3.63, 3.8) is 0 Å². The summed E-state index contributed by atoms with van der Waals surface area (Å²) in [6.45, 7) is 0. The Morgan fingerprint density at radius 3 is 2.53 bits per heavy atom. The van der Waals surface area contributed by atoms with Gasteiger partial charge in [-0.3, -0.25) is 9.59 Å². The van der Waals surface area contributed by atoms with E-state index in [4.69, 9.17) is 0 Å². The standard InChI is InChI=1S/C12H10F2O3/c13-12(14)11(17)7-9(15)6-5-8-3-1-2-4-10(8)16/h1-6,12,16H,7H2. The molecule has 90 valence electrons. The minimum atomic E-state index is -3.13. The summed E-state index contributed by atoms with van der Waals surface area (Å²) in [7, 11) is 0. The first kappa shape index (κ1) is 13.0. The van der Waals surface area contributed by atoms with E-state index in [-0.39, 0.29) is 5.75 Å². The van der Waals surface area contributed by atoms with Crippen LogP contribution in [0.1, 0.15) is 12.0 Å². The predicted molar refractivity (Wildman–Crippen MR) is 57.8 cm³/mol. The van der Waals surface area contributed by atoms with Crippen molar-refractivity contribution in [3.8, 4) is 5.75 Å². The number of phenolic OH excluding ortho intramolecular Hbond substituents is 1. The van der Waals surface area contributed by atoms with Gasteiger partial charge in [-0.1, -0.05) is 18.2 Å². The van der Waals surface area contributed by atoms with Gasteiger partial charge in [0.2, 0.25) is 5.78 Å². The number of rotatable bonds is 5. The molecule has 0 bridgehead atoms.